The third-order valence-electron chi connectivity index (χ3n) is 5.40. The Hall–Kier alpha value is -3.18. The van der Waals surface area contributed by atoms with Crippen molar-refractivity contribution in [3.63, 3.8) is 0 Å². The lowest BCUT2D eigenvalue weighted by Crippen LogP contribution is -2.22. The molecule has 5 rings (SSSR count). The molecule has 1 heterocycles. The first-order valence-corrected chi connectivity index (χ1v) is 11.9. The first-order chi connectivity index (χ1) is 15.7. The predicted octanol–water partition coefficient (Wildman–Crippen LogP) is 6.38. The molecule has 1 aromatic heterocycles. The fraction of sp³-hybridized carbons (Fsp3) is 0.0690. The minimum Gasteiger partial charge on any atom is -0.351 e. The molecule has 0 saturated heterocycles. The van der Waals surface area contributed by atoms with Crippen LogP contribution in [0.1, 0.15) is 11.1 Å². The Labute approximate surface area is 207 Å². The van der Waals surface area contributed by atoms with Gasteiger partial charge >= 0.3 is 0 Å². The molecule has 0 radical (unpaired) electrons. The zero-order chi connectivity index (χ0) is 22.3. The topological polar surface area (TPSA) is 28.7 Å². The smallest absolute Gasteiger partial charge is 0.0992 e. The van der Waals surface area contributed by atoms with E-state index in [1.54, 1.807) is 0 Å². The Kier molecular flexibility index (Phi) is 8.61. The maximum absolute atomic E-state index is 8.67. The molecule has 164 valence electrons. The molecular formula is C29H26BrN2P. The van der Waals surface area contributed by atoms with Crippen LogP contribution in [0.25, 0.3) is 10.9 Å². The molecule has 0 bridgehead atoms. The van der Waals surface area contributed by atoms with Crippen molar-refractivity contribution in [1.29, 1.82) is 5.26 Å². The third kappa shape index (κ3) is 5.79. The van der Waals surface area contributed by atoms with Crippen molar-refractivity contribution in [3.05, 3.63) is 127 Å². The molecule has 0 unspecified atom stereocenters. The highest BCUT2D eigenvalue weighted by atomic mass is 79.9. The average Bonchev–Trinajstić information content (AvgIpc) is 3.22. The number of hydrogen-bond donors (Lipinski definition) is 0. The van der Waals surface area contributed by atoms with E-state index in [9.17, 15) is 0 Å². The van der Waals surface area contributed by atoms with E-state index in [1.807, 2.05) is 42.1 Å². The number of fused-ring (bicyclic) bond motifs is 1. The molecule has 2 nitrogen and oxygen atoms in total. The van der Waals surface area contributed by atoms with E-state index in [-0.39, 0.29) is 17.0 Å². The number of benzene rings is 4. The molecule has 0 atom stereocenters. The van der Waals surface area contributed by atoms with Gasteiger partial charge in [0.05, 0.1) is 11.6 Å². The van der Waals surface area contributed by atoms with Gasteiger partial charge in [0.1, 0.15) is 0 Å². The Balaban J connectivity index is 0.000000202. The van der Waals surface area contributed by atoms with Gasteiger partial charge in [-0.05, 0) is 59.9 Å². The lowest BCUT2D eigenvalue weighted by molar-refractivity contribution is 0.969. The SMILES string of the molecule is Br.Cc1ccccc1P(c1ccccc1)c1ccccc1.Cn1ccc2ccc(C#N)cc21. The number of aryl methyl sites for hydroxylation is 2. The summed E-state index contributed by atoms with van der Waals surface area (Å²) in [4.78, 5) is 0. The van der Waals surface area contributed by atoms with Gasteiger partial charge in [0.25, 0.3) is 0 Å². The minimum absolute atomic E-state index is 0. The Morgan fingerprint density at radius 1 is 0.727 bits per heavy atom. The number of rotatable bonds is 3. The van der Waals surface area contributed by atoms with Crippen molar-refractivity contribution < 1.29 is 0 Å². The summed E-state index contributed by atoms with van der Waals surface area (Å²) >= 11 is 0. The largest absolute Gasteiger partial charge is 0.351 e. The molecule has 0 saturated carbocycles. The van der Waals surface area contributed by atoms with E-state index in [1.165, 1.54) is 26.9 Å². The number of aromatic nitrogens is 1. The van der Waals surface area contributed by atoms with Crippen LogP contribution in [-0.2, 0) is 7.05 Å². The molecule has 0 spiro atoms. The fourth-order valence-corrected chi connectivity index (χ4v) is 6.19. The van der Waals surface area contributed by atoms with Crippen LogP contribution in [0.15, 0.2) is 115 Å². The second-order valence-electron chi connectivity index (χ2n) is 7.61. The number of halogens is 1. The molecular weight excluding hydrogens is 487 g/mol. The lowest BCUT2D eigenvalue weighted by Gasteiger charge is -2.21. The van der Waals surface area contributed by atoms with E-state index in [0.29, 0.717) is 5.56 Å². The standard InChI is InChI=1S/C19H17P.C10H8N2.BrH/c1-16-10-8-9-15-19(16)20(17-11-4-2-5-12-17)18-13-6-3-7-14-18;1-12-5-4-9-3-2-8(7-11)6-10(9)12;/h2-15H,1H3;2-6H,1H3;1H. The van der Waals surface area contributed by atoms with Crippen molar-refractivity contribution in [3.8, 4) is 6.07 Å². The molecule has 5 aromatic rings. The summed E-state index contributed by atoms with van der Waals surface area (Å²) < 4.78 is 2.01. The zero-order valence-corrected chi connectivity index (χ0v) is 21.3. The Morgan fingerprint density at radius 3 is 1.88 bits per heavy atom. The lowest BCUT2D eigenvalue weighted by atomic mass is 10.2. The first-order valence-electron chi connectivity index (χ1n) is 10.6. The molecule has 4 aromatic carbocycles. The van der Waals surface area contributed by atoms with Crippen LogP contribution in [0.4, 0.5) is 0 Å². The first kappa shape index (κ1) is 24.5. The van der Waals surface area contributed by atoms with Crippen LogP contribution < -0.4 is 15.9 Å². The van der Waals surface area contributed by atoms with E-state index in [2.05, 4.69) is 97.9 Å². The number of nitrogens with zero attached hydrogens (tertiary/aromatic N) is 2. The fourth-order valence-electron chi connectivity index (χ4n) is 3.73. The van der Waals surface area contributed by atoms with Crippen LogP contribution in [0.5, 0.6) is 0 Å². The predicted molar refractivity (Wildman–Crippen MR) is 148 cm³/mol. The van der Waals surface area contributed by atoms with Gasteiger partial charge in [-0.3, -0.25) is 0 Å². The highest BCUT2D eigenvalue weighted by Gasteiger charge is 2.17. The third-order valence-corrected chi connectivity index (χ3v) is 8.02. The van der Waals surface area contributed by atoms with Gasteiger partial charge in [-0.25, -0.2) is 0 Å². The summed E-state index contributed by atoms with van der Waals surface area (Å²) in [6.07, 6.45) is 1.99. The van der Waals surface area contributed by atoms with Gasteiger partial charge < -0.3 is 4.57 Å². The van der Waals surface area contributed by atoms with Crippen molar-refractivity contribution in [1.82, 2.24) is 4.57 Å². The summed E-state index contributed by atoms with van der Waals surface area (Å²) in [5.41, 5.74) is 3.18. The van der Waals surface area contributed by atoms with E-state index in [0.717, 1.165) is 5.52 Å². The van der Waals surface area contributed by atoms with Gasteiger partial charge in [-0.1, -0.05) is 91.0 Å². The summed E-state index contributed by atoms with van der Waals surface area (Å²) in [5.74, 6) is 0. The summed E-state index contributed by atoms with van der Waals surface area (Å²) in [5, 5.41) is 14.1. The number of nitriles is 1. The highest BCUT2D eigenvalue weighted by Crippen LogP contribution is 2.33. The van der Waals surface area contributed by atoms with Gasteiger partial charge in [0.15, 0.2) is 0 Å². The molecule has 0 aliphatic heterocycles. The van der Waals surface area contributed by atoms with Crippen LogP contribution in [0, 0.1) is 18.3 Å². The Bertz CT molecular complexity index is 1320. The summed E-state index contributed by atoms with van der Waals surface area (Å²) in [6.45, 7) is 2.20. The van der Waals surface area contributed by atoms with Crippen molar-refractivity contribution in [2.24, 2.45) is 7.05 Å². The molecule has 0 aliphatic rings. The van der Waals surface area contributed by atoms with E-state index < -0.39 is 7.92 Å². The maximum atomic E-state index is 8.67. The summed E-state index contributed by atoms with van der Waals surface area (Å²) in [6, 6.07) is 40.2. The van der Waals surface area contributed by atoms with Gasteiger partial charge in [0.2, 0.25) is 0 Å². The van der Waals surface area contributed by atoms with Crippen LogP contribution in [0.3, 0.4) is 0 Å². The molecule has 0 N–H and O–H groups in total. The van der Waals surface area contributed by atoms with Gasteiger partial charge in [0, 0.05) is 18.8 Å². The Morgan fingerprint density at radius 2 is 1.30 bits per heavy atom. The van der Waals surface area contributed by atoms with Crippen LogP contribution >= 0.6 is 24.9 Å². The molecule has 0 amide bonds. The van der Waals surface area contributed by atoms with Crippen LogP contribution in [-0.4, -0.2) is 4.57 Å². The molecule has 0 aliphatic carbocycles. The monoisotopic (exact) mass is 512 g/mol. The van der Waals surface area contributed by atoms with Crippen molar-refractivity contribution in [2.75, 3.05) is 0 Å². The van der Waals surface area contributed by atoms with Crippen molar-refractivity contribution in [2.45, 2.75) is 6.92 Å². The summed E-state index contributed by atoms with van der Waals surface area (Å²) in [7, 11) is 1.51. The second-order valence-corrected chi connectivity index (χ2v) is 9.79. The number of hydrogen-bond acceptors (Lipinski definition) is 1. The minimum atomic E-state index is -0.467. The molecule has 0 fully saturated rings. The molecule has 4 heteroatoms. The van der Waals surface area contributed by atoms with E-state index in [4.69, 9.17) is 5.26 Å². The molecule has 33 heavy (non-hydrogen) atoms. The van der Waals surface area contributed by atoms with Crippen molar-refractivity contribution >= 4 is 51.7 Å². The van der Waals surface area contributed by atoms with Crippen LogP contribution in [0.2, 0.25) is 0 Å². The quantitative estimate of drug-likeness (QED) is 0.258. The average molecular weight is 513 g/mol. The van der Waals surface area contributed by atoms with E-state index >= 15 is 0 Å². The van der Waals surface area contributed by atoms with Gasteiger partial charge in [-0.15, -0.1) is 17.0 Å². The zero-order valence-electron chi connectivity index (χ0n) is 18.7. The normalized spacial score (nSPS) is 10.1. The second kappa shape index (κ2) is 11.6. The highest BCUT2D eigenvalue weighted by molar-refractivity contribution is 8.93. The maximum Gasteiger partial charge on any atom is 0.0992 e. The van der Waals surface area contributed by atoms with Gasteiger partial charge in [-0.2, -0.15) is 5.26 Å².